The third-order valence-electron chi connectivity index (χ3n) is 5.54. The van der Waals surface area contributed by atoms with Crippen LogP contribution in [-0.4, -0.2) is 39.7 Å². The first kappa shape index (κ1) is 26.1. The van der Waals surface area contributed by atoms with Gasteiger partial charge in [-0.25, -0.2) is 0 Å². The third-order valence-corrected chi connectivity index (χ3v) is 7.68. The van der Waals surface area contributed by atoms with Gasteiger partial charge in [0.15, 0.2) is 0 Å². The Morgan fingerprint density at radius 2 is 1.86 bits per heavy atom. The van der Waals surface area contributed by atoms with Gasteiger partial charge in [-0.3, -0.25) is 19.3 Å². The smallest absolute Gasteiger partial charge is 0.294 e. The molecule has 186 valence electrons. The normalized spacial score (nSPS) is 14.6. The predicted molar refractivity (Wildman–Crippen MR) is 147 cm³/mol. The molecule has 2 heterocycles. The molecule has 1 fully saturated rings. The van der Waals surface area contributed by atoms with Crippen LogP contribution >= 0.6 is 39.3 Å². The number of hydrogen-bond donors (Lipinski definition) is 1. The molecule has 0 saturated carbocycles. The molecule has 0 bridgehead atoms. The van der Waals surface area contributed by atoms with Gasteiger partial charge in [0.1, 0.15) is 12.3 Å². The number of nitrogens with one attached hydrogen (secondary N) is 1. The van der Waals surface area contributed by atoms with Crippen molar-refractivity contribution in [2.24, 2.45) is 0 Å². The Balaban J connectivity index is 1.49. The number of ether oxygens (including phenoxy) is 1. The van der Waals surface area contributed by atoms with Gasteiger partial charge in [-0.2, -0.15) is 0 Å². The van der Waals surface area contributed by atoms with Crippen LogP contribution < -0.4 is 10.1 Å². The third kappa shape index (κ3) is 5.53. The highest BCUT2D eigenvalue weighted by Gasteiger charge is 2.36. The summed E-state index contributed by atoms with van der Waals surface area (Å²) in [5, 5.41) is 2.81. The van der Waals surface area contributed by atoms with Crippen molar-refractivity contribution >= 4 is 68.1 Å². The van der Waals surface area contributed by atoms with Gasteiger partial charge >= 0.3 is 0 Å². The predicted octanol–water partition coefficient (Wildman–Crippen LogP) is 6.58. The number of aromatic nitrogens is 1. The summed E-state index contributed by atoms with van der Waals surface area (Å²) in [5.74, 6) is -0.273. The van der Waals surface area contributed by atoms with Crippen molar-refractivity contribution in [2.45, 2.75) is 20.8 Å². The van der Waals surface area contributed by atoms with Crippen LogP contribution in [0.15, 0.2) is 57.9 Å². The van der Waals surface area contributed by atoms with E-state index >= 15 is 0 Å². The number of carbonyl (C=O) groups is 3. The van der Waals surface area contributed by atoms with Gasteiger partial charge in [-0.15, -0.1) is 0 Å². The second-order valence-electron chi connectivity index (χ2n) is 8.03. The minimum Gasteiger partial charge on any atom is -0.494 e. The second kappa shape index (κ2) is 10.9. The number of hydrogen-bond acceptors (Lipinski definition) is 5. The van der Waals surface area contributed by atoms with Crippen molar-refractivity contribution in [1.29, 1.82) is 0 Å². The molecule has 1 aliphatic heterocycles. The largest absolute Gasteiger partial charge is 0.494 e. The number of aryl methyl sites for hydroxylation is 1. The van der Waals surface area contributed by atoms with E-state index in [0.717, 1.165) is 43.8 Å². The summed E-state index contributed by atoms with van der Waals surface area (Å²) in [4.78, 5) is 39.2. The first-order valence-electron chi connectivity index (χ1n) is 11.1. The lowest BCUT2D eigenvalue weighted by Crippen LogP contribution is -2.36. The molecule has 0 radical (unpaired) electrons. The van der Waals surface area contributed by atoms with Crippen molar-refractivity contribution in [2.75, 3.05) is 18.5 Å². The molecule has 10 heteroatoms. The maximum atomic E-state index is 13.0. The van der Waals surface area contributed by atoms with E-state index in [4.69, 9.17) is 16.3 Å². The molecule has 1 saturated heterocycles. The van der Waals surface area contributed by atoms with Crippen LogP contribution in [-0.2, 0) is 9.59 Å². The van der Waals surface area contributed by atoms with Crippen LogP contribution in [0.2, 0.25) is 5.02 Å². The minimum atomic E-state index is -0.497. The van der Waals surface area contributed by atoms with E-state index in [9.17, 15) is 14.4 Å². The number of anilines is 1. The lowest BCUT2D eigenvalue weighted by atomic mass is 10.2. The fourth-order valence-electron chi connectivity index (χ4n) is 3.88. The Kier molecular flexibility index (Phi) is 7.92. The Bertz CT molecular complexity index is 1380. The maximum Gasteiger partial charge on any atom is 0.294 e. The fraction of sp³-hybridized carbons (Fsp3) is 0.192. The minimum absolute atomic E-state index is 0.267. The monoisotopic (exact) mass is 587 g/mol. The zero-order chi connectivity index (χ0) is 26.0. The van der Waals surface area contributed by atoms with Crippen LogP contribution in [0, 0.1) is 13.8 Å². The molecule has 36 heavy (non-hydrogen) atoms. The van der Waals surface area contributed by atoms with E-state index < -0.39 is 17.1 Å². The van der Waals surface area contributed by atoms with Crippen LogP contribution in [0.1, 0.15) is 23.9 Å². The van der Waals surface area contributed by atoms with Gasteiger partial charge in [-0.05, 0) is 109 Å². The molecule has 7 nitrogen and oxygen atoms in total. The molecule has 3 amide bonds. The van der Waals surface area contributed by atoms with Crippen LogP contribution in [0.4, 0.5) is 10.5 Å². The van der Waals surface area contributed by atoms with E-state index in [1.54, 1.807) is 30.3 Å². The van der Waals surface area contributed by atoms with Gasteiger partial charge < -0.3 is 14.6 Å². The molecule has 1 aliphatic rings. The van der Waals surface area contributed by atoms with Crippen LogP contribution in [0.25, 0.3) is 11.8 Å². The van der Waals surface area contributed by atoms with Gasteiger partial charge in [-0.1, -0.05) is 11.6 Å². The molecule has 2 aromatic carbocycles. The van der Waals surface area contributed by atoms with Crippen LogP contribution in [0.5, 0.6) is 5.75 Å². The highest BCUT2D eigenvalue weighted by Crippen LogP contribution is 2.34. The van der Waals surface area contributed by atoms with Crippen molar-refractivity contribution in [3.05, 3.63) is 79.9 Å². The number of imide groups is 1. The summed E-state index contributed by atoms with van der Waals surface area (Å²) in [6, 6.07) is 14.5. The second-order valence-corrected chi connectivity index (χ2v) is 10.3. The summed E-state index contributed by atoms with van der Waals surface area (Å²) in [6.45, 7) is 5.95. The SMILES string of the molecule is CCOc1ccc(NC(=O)CN2C(=O)S/C(=C/c3cc(C)n(-c4ccc(Br)c(Cl)c4)c3C)C2=O)cc1. The highest BCUT2D eigenvalue weighted by atomic mass is 79.9. The number of rotatable bonds is 7. The summed E-state index contributed by atoms with van der Waals surface area (Å²) in [6.07, 6.45) is 1.69. The number of halogens is 2. The zero-order valence-electron chi connectivity index (χ0n) is 19.8. The van der Waals surface area contributed by atoms with E-state index in [1.807, 2.05) is 49.6 Å². The summed E-state index contributed by atoms with van der Waals surface area (Å²) >= 11 is 10.5. The average molecular weight is 589 g/mol. The number of amides is 3. The van der Waals surface area contributed by atoms with Crippen molar-refractivity contribution in [3.63, 3.8) is 0 Å². The lowest BCUT2D eigenvalue weighted by Gasteiger charge is -2.13. The molecule has 0 unspecified atom stereocenters. The summed E-state index contributed by atoms with van der Waals surface area (Å²) < 4.78 is 8.21. The van der Waals surface area contributed by atoms with E-state index in [1.165, 1.54) is 0 Å². The van der Waals surface area contributed by atoms with Gasteiger partial charge in [0.2, 0.25) is 5.91 Å². The molecule has 4 rings (SSSR count). The Labute approximate surface area is 226 Å². The van der Waals surface area contributed by atoms with E-state index in [0.29, 0.717) is 23.1 Å². The topological polar surface area (TPSA) is 80.6 Å². The number of nitrogens with zero attached hydrogens (tertiary/aromatic N) is 2. The highest BCUT2D eigenvalue weighted by molar-refractivity contribution is 9.10. The van der Waals surface area contributed by atoms with E-state index in [2.05, 4.69) is 21.2 Å². The molecule has 1 N–H and O–H groups in total. The Morgan fingerprint density at radius 3 is 2.53 bits per heavy atom. The van der Waals surface area contributed by atoms with Gasteiger partial charge in [0.05, 0.1) is 16.5 Å². The standard InChI is InChI=1S/C26H23BrClN3O4S/c1-4-35-20-8-5-18(6-9-20)29-24(32)14-30-25(33)23(36-26(30)34)12-17-11-15(2)31(16(17)3)19-7-10-21(27)22(28)13-19/h5-13H,4,14H2,1-3H3,(H,29,32)/b23-12+. The van der Waals surface area contributed by atoms with E-state index in [-0.39, 0.29) is 11.4 Å². The summed E-state index contributed by atoms with van der Waals surface area (Å²) in [5.41, 5.74) is 4.08. The first-order valence-corrected chi connectivity index (χ1v) is 13.1. The zero-order valence-corrected chi connectivity index (χ0v) is 23.0. The van der Waals surface area contributed by atoms with Crippen molar-refractivity contribution in [3.8, 4) is 11.4 Å². The van der Waals surface area contributed by atoms with Gasteiger partial charge in [0.25, 0.3) is 11.1 Å². The molecule has 1 aromatic heterocycles. The molecule has 0 atom stereocenters. The first-order chi connectivity index (χ1) is 17.2. The average Bonchev–Trinajstić information content (AvgIpc) is 3.26. The summed E-state index contributed by atoms with van der Waals surface area (Å²) in [7, 11) is 0. The van der Waals surface area contributed by atoms with Crippen molar-refractivity contribution < 1.29 is 19.1 Å². The fourth-order valence-corrected chi connectivity index (χ4v) is 5.13. The van der Waals surface area contributed by atoms with Gasteiger partial charge in [0, 0.05) is 27.2 Å². The molecule has 0 spiro atoms. The Morgan fingerprint density at radius 1 is 1.14 bits per heavy atom. The molecule has 3 aromatic rings. The number of thioether (sulfide) groups is 1. The number of carbonyl (C=O) groups excluding carboxylic acids is 3. The lowest BCUT2D eigenvalue weighted by molar-refractivity contribution is -0.127. The molecule has 0 aliphatic carbocycles. The Hall–Kier alpha value is -3.01. The number of benzene rings is 2. The maximum absolute atomic E-state index is 13.0. The quantitative estimate of drug-likeness (QED) is 0.315. The molecular weight excluding hydrogens is 566 g/mol. The van der Waals surface area contributed by atoms with Crippen LogP contribution in [0.3, 0.4) is 0 Å². The molecular formula is C26H23BrClN3O4S. The van der Waals surface area contributed by atoms with Crippen molar-refractivity contribution in [1.82, 2.24) is 9.47 Å².